The predicted molar refractivity (Wildman–Crippen MR) is 282 cm³/mol. The molecule has 0 N–H and O–H groups in total. The fourth-order valence-electron chi connectivity index (χ4n) is 10.1. The molecule has 13 aromatic rings. The molecule has 0 radical (unpaired) electrons. The fourth-order valence-corrected chi connectivity index (χ4v) is 10.1. The second-order valence-corrected chi connectivity index (χ2v) is 17.4. The van der Waals surface area contributed by atoms with Crippen molar-refractivity contribution in [1.29, 1.82) is 0 Å². The molecule has 0 saturated carbocycles. The van der Waals surface area contributed by atoms with E-state index < -0.39 is 0 Å². The van der Waals surface area contributed by atoms with Gasteiger partial charge in [-0.05, 0) is 164 Å². The third-order valence-corrected chi connectivity index (χ3v) is 13.3. The lowest BCUT2D eigenvalue weighted by molar-refractivity contribution is 0.669. The van der Waals surface area contributed by atoms with E-state index in [9.17, 15) is 0 Å². The van der Waals surface area contributed by atoms with Crippen LogP contribution in [0.1, 0.15) is 0 Å². The maximum atomic E-state index is 6.42. The Labute approximate surface area is 388 Å². The highest BCUT2D eigenvalue weighted by molar-refractivity contribution is 6.11. The molecule has 314 valence electrons. The molecule has 3 heteroatoms. The average molecular weight is 855 g/mol. The first-order valence-electron chi connectivity index (χ1n) is 22.9. The normalized spacial score (nSPS) is 11.6. The molecule has 0 atom stereocenters. The van der Waals surface area contributed by atoms with Crippen molar-refractivity contribution < 1.29 is 4.42 Å². The maximum Gasteiger partial charge on any atom is 0.136 e. The molecule has 0 saturated heterocycles. The summed E-state index contributed by atoms with van der Waals surface area (Å²) in [6.07, 6.45) is 0. The lowest BCUT2D eigenvalue weighted by atomic mass is 9.91. The van der Waals surface area contributed by atoms with Gasteiger partial charge in [0.1, 0.15) is 11.2 Å². The molecule has 67 heavy (non-hydrogen) atoms. The second-order valence-electron chi connectivity index (χ2n) is 17.4. The summed E-state index contributed by atoms with van der Waals surface area (Å²) in [4.78, 5) is 2.34. The number of benzene rings is 11. The molecule has 2 aromatic heterocycles. The second kappa shape index (κ2) is 16.0. The number of para-hydroxylation sites is 4. The van der Waals surface area contributed by atoms with E-state index in [0.717, 1.165) is 72.5 Å². The Bertz CT molecular complexity index is 3960. The zero-order valence-electron chi connectivity index (χ0n) is 36.6. The predicted octanol–water partition coefficient (Wildman–Crippen LogP) is 18.0. The first-order valence-corrected chi connectivity index (χ1v) is 22.9. The first kappa shape index (κ1) is 38.5. The molecule has 3 nitrogen and oxygen atoms in total. The van der Waals surface area contributed by atoms with Crippen molar-refractivity contribution >= 4 is 71.6 Å². The third kappa shape index (κ3) is 6.84. The smallest absolute Gasteiger partial charge is 0.136 e. The summed E-state index contributed by atoms with van der Waals surface area (Å²) in [6.45, 7) is 0. The van der Waals surface area contributed by atoms with E-state index in [1.807, 2.05) is 12.1 Å². The number of hydrogen-bond acceptors (Lipinski definition) is 2. The van der Waals surface area contributed by atoms with Gasteiger partial charge >= 0.3 is 0 Å². The van der Waals surface area contributed by atoms with Gasteiger partial charge in [-0.3, -0.25) is 0 Å². The van der Waals surface area contributed by atoms with Gasteiger partial charge in [-0.15, -0.1) is 0 Å². The van der Waals surface area contributed by atoms with Crippen LogP contribution in [0.3, 0.4) is 0 Å². The summed E-state index contributed by atoms with van der Waals surface area (Å²) in [7, 11) is 0. The molecule has 0 amide bonds. The highest BCUT2D eigenvalue weighted by Gasteiger charge is 2.17. The molecule has 0 bridgehead atoms. The van der Waals surface area contributed by atoms with Crippen molar-refractivity contribution in [2.75, 3.05) is 4.90 Å². The maximum absolute atomic E-state index is 6.42. The van der Waals surface area contributed by atoms with Crippen LogP contribution in [0.4, 0.5) is 17.1 Å². The molecule has 0 fully saturated rings. The van der Waals surface area contributed by atoms with E-state index >= 15 is 0 Å². The van der Waals surface area contributed by atoms with Crippen molar-refractivity contribution in [3.8, 4) is 50.2 Å². The fraction of sp³-hybridized carbons (Fsp3) is 0. The molecule has 11 aromatic carbocycles. The number of furan rings is 1. The molecule has 0 unspecified atom stereocenters. The van der Waals surface area contributed by atoms with Crippen molar-refractivity contribution in [2.45, 2.75) is 0 Å². The Morgan fingerprint density at radius 2 is 0.776 bits per heavy atom. The lowest BCUT2D eigenvalue weighted by Crippen LogP contribution is -2.09. The van der Waals surface area contributed by atoms with Gasteiger partial charge in [0.2, 0.25) is 0 Å². The van der Waals surface area contributed by atoms with Crippen LogP contribution in [-0.2, 0) is 0 Å². The number of fused-ring (bicyclic) bond motifs is 7. The molecule has 0 spiro atoms. The van der Waals surface area contributed by atoms with Gasteiger partial charge < -0.3 is 13.9 Å². The minimum atomic E-state index is 0.888. The lowest BCUT2D eigenvalue weighted by Gasteiger charge is -2.26. The highest BCUT2D eigenvalue weighted by atomic mass is 16.3. The Morgan fingerprint density at radius 1 is 0.269 bits per heavy atom. The van der Waals surface area contributed by atoms with Crippen molar-refractivity contribution in [3.63, 3.8) is 0 Å². The summed E-state index contributed by atoms with van der Waals surface area (Å²) >= 11 is 0. The van der Waals surface area contributed by atoms with Crippen LogP contribution < -0.4 is 4.90 Å². The topological polar surface area (TPSA) is 21.3 Å². The van der Waals surface area contributed by atoms with Crippen LogP contribution in [0.15, 0.2) is 259 Å². The zero-order valence-corrected chi connectivity index (χ0v) is 36.6. The van der Waals surface area contributed by atoms with Gasteiger partial charge in [0.25, 0.3) is 0 Å². The van der Waals surface area contributed by atoms with E-state index in [0.29, 0.717) is 0 Å². The van der Waals surface area contributed by atoms with Crippen LogP contribution in [0.2, 0.25) is 0 Å². The number of rotatable bonds is 8. The minimum Gasteiger partial charge on any atom is -0.456 e. The van der Waals surface area contributed by atoms with Crippen molar-refractivity contribution in [3.05, 3.63) is 255 Å². The monoisotopic (exact) mass is 854 g/mol. The van der Waals surface area contributed by atoms with Gasteiger partial charge in [0, 0.05) is 44.3 Å². The number of hydrogen-bond donors (Lipinski definition) is 0. The van der Waals surface area contributed by atoms with Crippen LogP contribution in [0, 0.1) is 0 Å². The summed E-state index contributed by atoms with van der Waals surface area (Å²) in [5.41, 5.74) is 17.9. The largest absolute Gasteiger partial charge is 0.456 e. The summed E-state index contributed by atoms with van der Waals surface area (Å²) < 4.78 is 8.80. The van der Waals surface area contributed by atoms with Crippen LogP contribution >= 0.6 is 0 Å². The van der Waals surface area contributed by atoms with Gasteiger partial charge in [0.15, 0.2) is 0 Å². The number of nitrogens with zero attached hydrogens (tertiary/aromatic N) is 2. The highest BCUT2D eigenvalue weighted by Crippen LogP contribution is 2.41. The summed E-state index contributed by atoms with van der Waals surface area (Å²) in [6, 6.07) is 92.0. The van der Waals surface area contributed by atoms with Gasteiger partial charge in [-0.25, -0.2) is 0 Å². The van der Waals surface area contributed by atoms with Crippen LogP contribution in [0.25, 0.3) is 105 Å². The van der Waals surface area contributed by atoms with Gasteiger partial charge in [0.05, 0.1) is 11.0 Å². The molecule has 0 aliphatic heterocycles. The van der Waals surface area contributed by atoms with Gasteiger partial charge in [-0.1, -0.05) is 146 Å². The minimum absolute atomic E-state index is 0.888. The van der Waals surface area contributed by atoms with E-state index in [4.69, 9.17) is 4.42 Å². The van der Waals surface area contributed by atoms with E-state index in [1.54, 1.807) is 0 Å². The van der Waals surface area contributed by atoms with E-state index in [1.165, 1.54) is 49.3 Å². The molecule has 0 aliphatic rings. The number of anilines is 3. The summed E-state index contributed by atoms with van der Waals surface area (Å²) in [5, 5.41) is 7.08. The molecular weight excluding hydrogens is 813 g/mol. The average Bonchev–Trinajstić information content (AvgIpc) is 3.94. The SMILES string of the molecule is c1ccc(-c2ccc(N(c3ccccc3)c3ccc4cc(-c5cc(-c6ccc7c(c6)oc6ccccc67)cc(-c6ccc7c(c6)c6ccccc6n7-c6ccccc6)c5)ccc4c3)cc2)cc1. The Hall–Kier alpha value is -8.92. The van der Waals surface area contributed by atoms with Gasteiger partial charge in [-0.2, -0.15) is 0 Å². The van der Waals surface area contributed by atoms with E-state index in [2.05, 4.69) is 252 Å². The Kier molecular flexibility index (Phi) is 9.17. The third-order valence-electron chi connectivity index (χ3n) is 13.3. The molecule has 2 heterocycles. The van der Waals surface area contributed by atoms with E-state index in [-0.39, 0.29) is 0 Å². The molecule has 0 aliphatic carbocycles. The summed E-state index contributed by atoms with van der Waals surface area (Å²) in [5.74, 6) is 0. The standard InChI is InChI=1S/C64H42N2O/c1-4-14-43(15-5-1)44-26-31-55(32-27-44)65(53-16-6-2-7-17-53)56-33-28-45-36-46(24-25-47(45)40-56)50-37-51(39-52(38-50)49-29-34-59-58-21-11-13-23-63(58)67-64(59)42-49)48-30-35-62-60(41-48)57-20-10-12-22-61(57)66(62)54-18-8-3-9-19-54/h1-42H. The van der Waals surface area contributed by atoms with Crippen LogP contribution in [-0.4, -0.2) is 4.57 Å². The first-order chi connectivity index (χ1) is 33.2. The molecule has 13 rings (SSSR count). The van der Waals surface area contributed by atoms with Crippen LogP contribution in [0.5, 0.6) is 0 Å². The zero-order chi connectivity index (χ0) is 44.3. The van der Waals surface area contributed by atoms with Crippen molar-refractivity contribution in [2.24, 2.45) is 0 Å². The molecular formula is C64H42N2O. The van der Waals surface area contributed by atoms with Crippen molar-refractivity contribution in [1.82, 2.24) is 4.57 Å². The Balaban J connectivity index is 0.932. The Morgan fingerprint density at radius 3 is 1.55 bits per heavy atom. The quantitative estimate of drug-likeness (QED) is 0.152. The number of aromatic nitrogens is 1.